The molecule has 0 spiro atoms. The molecule has 3 rings (SSSR count). The minimum absolute atomic E-state index is 0.206. The Morgan fingerprint density at radius 1 is 1.30 bits per heavy atom. The van der Waals surface area contributed by atoms with Gasteiger partial charge in [-0.25, -0.2) is 4.98 Å². The van der Waals surface area contributed by atoms with Gasteiger partial charge in [0.25, 0.3) is 0 Å². The quantitative estimate of drug-likeness (QED) is 0.851. The average molecular weight is 315 g/mol. The van der Waals surface area contributed by atoms with Crippen molar-refractivity contribution in [3.8, 4) is 6.07 Å². The molecule has 1 aromatic heterocycles. The van der Waals surface area contributed by atoms with Crippen LogP contribution >= 0.6 is 0 Å². The molecule has 1 atom stereocenters. The monoisotopic (exact) mass is 315 g/mol. The van der Waals surface area contributed by atoms with E-state index in [1.165, 1.54) is 0 Å². The molecule has 122 valence electrons. The van der Waals surface area contributed by atoms with Gasteiger partial charge in [0.1, 0.15) is 11.9 Å². The Kier molecular flexibility index (Phi) is 4.09. The molecule has 3 heterocycles. The minimum atomic E-state index is -0.511. The highest BCUT2D eigenvalue weighted by molar-refractivity contribution is 6.62. The summed E-state index contributed by atoms with van der Waals surface area (Å²) < 4.78 is 17.4. The van der Waals surface area contributed by atoms with Crippen LogP contribution in [-0.4, -0.2) is 42.6 Å². The second kappa shape index (κ2) is 5.79. The third-order valence-corrected chi connectivity index (χ3v) is 4.83. The number of nitriles is 1. The minimum Gasteiger partial charge on any atom is -0.399 e. The summed E-state index contributed by atoms with van der Waals surface area (Å²) in [6, 6.07) is 4.19. The van der Waals surface area contributed by atoms with Crippen molar-refractivity contribution in [2.45, 2.75) is 51.4 Å². The first-order valence-electron chi connectivity index (χ1n) is 7.92. The van der Waals surface area contributed by atoms with Crippen molar-refractivity contribution < 1.29 is 14.0 Å². The SMILES string of the molecule is CC1(C)OB(c2cnc(N[C@@H]3CCOC3)c(C#N)c2)OC1(C)C. The van der Waals surface area contributed by atoms with Gasteiger partial charge in [0.05, 0.1) is 29.4 Å². The summed E-state index contributed by atoms with van der Waals surface area (Å²) in [5.41, 5.74) is 0.420. The van der Waals surface area contributed by atoms with E-state index in [-0.39, 0.29) is 6.04 Å². The van der Waals surface area contributed by atoms with Crippen molar-refractivity contribution in [2.75, 3.05) is 18.5 Å². The van der Waals surface area contributed by atoms with Crippen LogP contribution in [0.25, 0.3) is 0 Å². The molecule has 1 aromatic rings. The van der Waals surface area contributed by atoms with E-state index in [0.717, 1.165) is 18.5 Å². The summed E-state index contributed by atoms with van der Waals surface area (Å²) in [4.78, 5) is 4.40. The molecule has 2 saturated heterocycles. The zero-order valence-corrected chi connectivity index (χ0v) is 14.0. The molecule has 0 radical (unpaired) electrons. The number of anilines is 1. The third-order valence-electron chi connectivity index (χ3n) is 4.83. The number of nitrogens with one attached hydrogen (secondary N) is 1. The molecule has 0 aliphatic carbocycles. The van der Waals surface area contributed by atoms with Crippen molar-refractivity contribution in [3.63, 3.8) is 0 Å². The second-order valence-electron chi connectivity index (χ2n) is 7.07. The van der Waals surface area contributed by atoms with Crippen LogP contribution in [0, 0.1) is 11.3 Å². The summed E-state index contributed by atoms with van der Waals surface area (Å²) in [5.74, 6) is 0.586. The first-order chi connectivity index (χ1) is 10.8. The van der Waals surface area contributed by atoms with Gasteiger partial charge in [0, 0.05) is 18.3 Å². The Balaban J connectivity index is 1.81. The smallest absolute Gasteiger partial charge is 0.399 e. The third kappa shape index (κ3) is 3.07. The maximum absolute atomic E-state index is 9.42. The summed E-state index contributed by atoms with van der Waals surface area (Å²) >= 11 is 0. The average Bonchev–Trinajstić information content (AvgIpc) is 3.06. The van der Waals surface area contributed by atoms with E-state index in [0.29, 0.717) is 18.0 Å². The molecule has 6 nitrogen and oxygen atoms in total. The Morgan fingerprint density at radius 3 is 2.57 bits per heavy atom. The zero-order valence-electron chi connectivity index (χ0n) is 14.0. The van der Waals surface area contributed by atoms with Gasteiger partial charge >= 0.3 is 7.12 Å². The van der Waals surface area contributed by atoms with Crippen LogP contribution in [-0.2, 0) is 14.0 Å². The Labute approximate surface area is 137 Å². The normalized spacial score (nSPS) is 25.3. The molecule has 0 aromatic carbocycles. The summed E-state index contributed by atoms with van der Waals surface area (Å²) in [5, 5.41) is 12.7. The molecule has 0 bridgehead atoms. The number of hydrogen-bond acceptors (Lipinski definition) is 6. The number of pyridine rings is 1. The van der Waals surface area contributed by atoms with E-state index in [1.54, 1.807) is 12.3 Å². The van der Waals surface area contributed by atoms with Gasteiger partial charge in [-0.15, -0.1) is 0 Å². The standard InChI is InChI=1S/C16H22BN3O3/c1-15(2)16(3,4)23-17(22-15)12-7-11(8-18)14(19-9-12)20-13-5-6-21-10-13/h7,9,13H,5-6,10H2,1-4H3,(H,19,20)/t13-/m1/s1. The van der Waals surface area contributed by atoms with Gasteiger partial charge in [-0.1, -0.05) is 0 Å². The van der Waals surface area contributed by atoms with Gasteiger partial charge in [-0.3, -0.25) is 0 Å². The van der Waals surface area contributed by atoms with E-state index >= 15 is 0 Å². The lowest BCUT2D eigenvalue weighted by molar-refractivity contribution is 0.00578. The lowest BCUT2D eigenvalue weighted by Crippen LogP contribution is -2.41. The van der Waals surface area contributed by atoms with Gasteiger partial charge in [0.2, 0.25) is 0 Å². The summed E-state index contributed by atoms with van der Waals surface area (Å²) in [6.45, 7) is 9.39. The predicted molar refractivity (Wildman–Crippen MR) is 87.5 cm³/mol. The van der Waals surface area contributed by atoms with E-state index in [2.05, 4.69) is 16.4 Å². The van der Waals surface area contributed by atoms with Crippen LogP contribution in [0.15, 0.2) is 12.3 Å². The molecule has 2 aliphatic heterocycles. The highest BCUT2D eigenvalue weighted by Gasteiger charge is 2.51. The van der Waals surface area contributed by atoms with Crippen LogP contribution in [0.3, 0.4) is 0 Å². The highest BCUT2D eigenvalue weighted by atomic mass is 16.7. The number of rotatable bonds is 3. The van der Waals surface area contributed by atoms with Crippen LogP contribution in [0.1, 0.15) is 39.7 Å². The van der Waals surface area contributed by atoms with Gasteiger partial charge in [0.15, 0.2) is 0 Å². The lowest BCUT2D eigenvalue weighted by Gasteiger charge is -2.32. The predicted octanol–water partition coefficient (Wildman–Crippen LogP) is 1.45. The molecule has 0 saturated carbocycles. The summed E-state index contributed by atoms with van der Waals surface area (Å²) in [7, 11) is -0.511. The number of aromatic nitrogens is 1. The van der Waals surface area contributed by atoms with Crippen LogP contribution in [0.2, 0.25) is 0 Å². The maximum Gasteiger partial charge on any atom is 0.496 e. The van der Waals surface area contributed by atoms with Crippen LogP contribution < -0.4 is 10.8 Å². The van der Waals surface area contributed by atoms with Crippen molar-refractivity contribution >= 4 is 18.4 Å². The summed E-state index contributed by atoms with van der Waals surface area (Å²) in [6.07, 6.45) is 2.63. The van der Waals surface area contributed by atoms with Gasteiger partial charge in [-0.2, -0.15) is 5.26 Å². The Morgan fingerprint density at radius 2 is 2.00 bits per heavy atom. The first kappa shape index (κ1) is 16.3. The Bertz CT molecular complexity index is 620. The molecular weight excluding hydrogens is 293 g/mol. The topological polar surface area (TPSA) is 76.4 Å². The number of nitrogens with zero attached hydrogens (tertiary/aromatic N) is 2. The highest BCUT2D eigenvalue weighted by Crippen LogP contribution is 2.36. The van der Waals surface area contributed by atoms with Crippen LogP contribution in [0.5, 0.6) is 0 Å². The van der Waals surface area contributed by atoms with Crippen molar-refractivity contribution in [1.29, 1.82) is 5.26 Å². The van der Waals surface area contributed by atoms with E-state index in [1.807, 2.05) is 27.7 Å². The fraction of sp³-hybridized carbons (Fsp3) is 0.625. The maximum atomic E-state index is 9.42. The van der Waals surface area contributed by atoms with E-state index in [9.17, 15) is 5.26 Å². The zero-order chi connectivity index (χ0) is 16.7. The molecule has 2 aliphatic rings. The van der Waals surface area contributed by atoms with E-state index in [4.69, 9.17) is 14.0 Å². The molecule has 23 heavy (non-hydrogen) atoms. The van der Waals surface area contributed by atoms with Crippen LogP contribution in [0.4, 0.5) is 5.82 Å². The van der Waals surface area contributed by atoms with Gasteiger partial charge < -0.3 is 19.4 Å². The van der Waals surface area contributed by atoms with Gasteiger partial charge in [-0.05, 0) is 40.2 Å². The molecular formula is C16H22BN3O3. The first-order valence-corrected chi connectivity index (χ1v) is 7.92. The second-order valence-corrected chi connectivity index (χ2v) is 7.07. The molecule has 0 unspecified atom stereocenters. The number of hydrogen-bond donors (Lipinski definition) is 1. The van der Waals surface area contributed by atoms with Crippen molar-refractivity contribution in [2.24, 2.45) is 0 Å². The molecule has 0 amide bonds. The lowest BCUT2D eigenvalue weighted by atomic mass is 9.79. The fourth-order valence-corrected chi connectivity index (χ4v) is 2.63. The molecule has 2 fully saturated rings. The fourth-order valence-electron chi connectivity index (χ4n) is 2.63. The molecule has 7 heteroatoms. The van der Waals surface area contributed by atoms with E-state index < -0.39 is 18.3 Å². The van der Waals surface area contributed by atoms with Crippen molar-refractivity contribution in [3.05, 3.63) is 17.8 Å². The van der Waals surface area contributed by atoms with Crippen molar-refractivity contribution in [1.82, 2.24) is 4.98 Å². The number of ether oxygens (including phenoxy) is 1. The largest absolute Gasteiger partial charge is 0.496 e. The Hall–Kier alpha value is -1.62. The molecule has 1 N–H and O–H groups in total.